The van der Waals surface area contributed by atoms with Crippen molar-refractivity contribution < 1.29 is 48.5 Å². The Labute approximate surface area is 91.7 Å². The second-order valence-corrected chi connectivity index (χ2v) is 3.34. The van der Waals surface area contributed by atoms with Crippen molar-refractivity contribution in [3.8, 4) is 0 Å². The minimum absolute atomic E-state index is 0. The van der Waals surface area contributed by atoms with Gasteiger partial charge in [0, 0.05) is 17.1 Å². The second-order valence-electron chi connectivity index (χ2n) is 1.83. The van der Waals surface area contributed by atoms with Gasteiger partial charge >= 0.3 is 17.1 Å². The minimum atomic E-state index is -4.52. The Balaban J connectivity index is 0. The van der Waals surface area contributed by atoms with E-state index in [2.05, 4.69) is 0 Å². The summed E-state index contributed by atoms with van der Waals surface area (Å²) in [5.74, 6) is 0. The van der Waals surface area contributed by atoms with Gasteiger partial charge in [0.2, 0.25) is 0 Å². The average molecular weight is 266 g/mol. The molecule has 6 heteroatoms. The fourth-order valence-corrected chi connectivity index (χ4v) is 1.15. The first-order valence-corrected chi connectivity index (χ1v) is 4.22. The smallest absolute Gasteiger partial charge is 0.807 e. The summed E-state index contributed by atoms with van der Waals surface area (Å²) in [4.78, 5) is 20.6. The molecule has 1 aromatic carbocycles. The van der Waals surface area contributed by atoms with Gasteiger partial charge in [0.05, 0.1) is 0 Å². The third-order valence-electron chi connectivity index (χ3n) is 1.07. The fourth-order valence-electron chi connectivity index (χ4n) is 0.611. The van der Waals surface area contributed by atoms with E-state index in [1.807, 2.05) is 0 Å². The molecular formula is C6H5Mn2O3P. The molecule has 3 nitrogen and oxygen atoms in total. The summed E-state index contributed by atoms with van der Waals surface area (Å²) in [6.45, 7) is 0. The molecule has 0 aromatic heterocycles. The van der Waals surface area contributed by atoms with Gasteiger partial charge in [0.1, 0.15) is 0 Å². The number of hydrogen-bond acceptors (Lipinski definition) is 3. The van der Waals surface area contributed by atoms with E-state index in [1.165, 1.54) is 24.3 Å². The standard InChI is InChI=1S/C6H7O3P.2Mn/c7-10(8,9)6-4-2-1-3-5-6;;/h1-5H,(H2,7,8,9);;/q;;+2/p-2. The van der Waals surface area contributed by atoms with Crippen molar-refractivity contribution in [2.24, 2.45) is 0 Å². The third kappa shape index (κ3) is 4.44. The predicted octanol–water partition coefficient (Wildman–Crippen LogP) is -0.779. The maximum atomic E-state index is 10.3. The van der Waals surface area contributed by atoms with E-state index in [0.717, 1.165) is 0 Å². The molecule has 66 valence electrons. The van der Waals surface area contributed by atoms with Crippen LogP contribution >= 0.6 is 7.60 Å². The largest absolute Gasteiger partial charge is 2.00 e. The van der Waals surface area contributed by atoms with Gasteiger partial charge < -0.3 is 14.4 Å². The molecule has 0 unspecified atom stereocenters. The molecule has 0 spiro atoms. The van der Waals surface area contributed by atoms with Crippen molar-refractivity contribution in [3.63, 3.8) is 0 Å². The van der Waals surface area contributed by atoms with Gasteiger partial charge in [-0.05, 0) is 12.9 Å². The van der Waals surface area contributed by atoms with Crippen LogP contribution in [0.25, 0.3) is 0 Å². The third-order valence-corrected chi connectivity index (χ3v) is 2.00. The molecule has 0 aliphatic carbocycles. The topological polar surface area (TPSA) is 63.2 Å². The normalized spacial score (nSPS) is 9.50. The van der Waals surface area contributed by atoms with Crippen LogP contribution in [0.1, 0.15) is 0 Å². The summed E-state index contributed by atoms with van der Waals surface area (Å²) in [7, 11) is -4.52. The first kappa shape index (κ1) is 14.9. The zero-order valence-electron chi connectivity index (χ0n) is 5.81. The summed E-state index contributed by atoms with van der Waals surface area (Å²) in [6, 6.07) is 7.23. The molecule has 12 heavy (non-hydrogen) atoms. The molecule has 0 N–H and O–H groups in total. The van der Waals surface area contributed by atoms with E-state index < -0.39 is 7.60 Å². The van der Waals surface area contributed by atoms with Gasteiger partial charge in [-0.1, -0.05) is 30.3 Å². The van der Waals surface area contributed by atoms with Crippen molar-refractivity contribution in [1.29, 1.82) is 0 Å². The molecule has 0 aliphatic rings. The first-order valence-electron chi connectivity index (χ1n) is 2.68. The molecule has 0 atom stereocenters. The SMILES string of the molecule is O=P([O-])([O-])c1ccccc1.[Mn+2].[Mn]. The van der Waals surface area contributed by atoms with Crippen LogP contribution in [-0.2, 0) is 38.7 Å². The van der Waals surface area contributed by atoms with E-state index in [4.69, 9.17) is 0 Å². The predicted molar refractivity (Wildman–Crippen MR) is 33.7 cm³/mol. The van der Waals surface area contributed by atoms with Crippen molar-refractivity contribution >= 4 is 12.9 Å². The zero-order chi connectivity index (χ0) is 7.61. The second kappa shape index (κ2) is 5.95. The van der Waals surface area contributed by atoms with Crippen LogP contribution in [0.4, 0.5) is 0 Å². The first-order chi connectivity index (χ1) is 4.61. The summed E-state index contributed by atoms with van der Waals surface area (Å²) < 4.78 is 10.3. The van der Waals surface area contributed by atoms with Crippen LogP contribution in [0.5, 0.6) is 0 Å². The van der Waals surface area contributed by atoms with Crippen molar-refractivity contribution in [2.45, 2.75) is 0 Å². The van der Waals surface area contributed by atoms with Gasteiger partial charge in [0.15, 0.2) is 0 Å². The van der Waals surface area contributed by atoms with Crippen LogP contribution in [0.3, 0.4) is 0 Å². The Kier molecular flexibility index (Phi) is 7.40. The Morgan fingerprint density at radius 2 is 1.50 bits per heavy atom. The number of rotatable bonds is 1. The summed E-state index contributed by atoms with van der Waals surface area (Å²) >= 11 is 0. The van der Waals surface area contributed by atoms with E-state index in [9.17, 15) is 14.4 Å². The fraction of sp³-hybridized carbons (Fsp3) is 0. The maximum Gasteiger partial charge on any atom is 2.00 e. The molecule has 1 rings (SSSR count). The number of benzene rings is 1. The van der Waals surface area contributed by atoms with Crippen molar-refractivity contribution in [2.75, 3.05) is 0 Å². The monoisotopic (exact) mass is 266 g/mol. The molecule has 0 saturated carbocycles. The summed E-state index contributed by atoms with van der Waals surface area (Å²) in [6.07, 6.45) is 0. The van der Waals surface area contributed by atoms with Crippen LogP contribution in [-0.4, -0.2) is 0 Å². The van der Waals surface area contributed by atoms with Crippen LogP contribution in [0.15, 0.2) is 30.3 Å². The van der Waals surface area contributed by atoms with Crippen LogP contribution in [0.2, 0.25) is 0 Å². The number of hydrogen-bond donors (Lipinski definition) is 0. The average Bonchev–Trinajstić information content (AvgIpc) is 1.88. The van der Waals surface area contributed by atoms with E-state index in [0.29, 0.717) is 0 Å². The van der Waals surface area contributed by atoms with Crippen LogP contribution in [0, 0.1) is 0 Å². The Morgan fingerprint density at radius 3 is 1.75 bits per heavy atom. The maximum absolute atomic E-state index is 10.3. The minimum Gasteiger partial charge on any atom is -0.807 e. The molecular weight excluding hydrogens is 261 g/mol. The van der Waals surface area contributed by atoms with Crippen LogP contribution < -0.4 is 15.1 Å². The van der Waals surface area contributed by atoms with Gasteiger partial charge in [-0.2, -0.15) is 0 Å². The quantitative estimate of drug-likeness (QED) is 0.495. The Morgan fingerprint density at radius 1 is 1.08 bits per heavy atom. The molecule has 0 amide bonds. The van der Waals surface area contributed by atoms with E-state index >= 15 is 0 Å². The van der Waals surface area contributed by atoms with E-state index in [-0.39, 0.29) is 39.4 Å². The summed E-state index contributed by atoms with van der Waals surface area (Å²) in [5.41, 5.74) is 0. The van der Waals surface area contributed by atoms with Crippen molar-refractivity contribution in [3.05, 3.63) is 30.3 Å². The molecule has 0 fully saturated rings. The van der Waals surface area contributed by atoms with Gasteiger partial charge in [0.25, 0.3) is 0 Å². The van der Waals surface area contributed by atoms with Gasteiger partial charge in [-0.15, -0.1) is 0 Å². The molecule has 2 radical (unpaired) electrons. The van der Waals surface area contributed by atoms with E-state index in [1.54, 1.807) is 6.07 Å². The van der Waals surface area contributed by atoms with Gasteiger partial charge in [-0.3, -0.25) is 0 Å². The van der Waals surface area contributed by atoms with Gasteiger partial charge in [-0.25, -0.2) is 0 Å². The molecule has 0 bridgehead atoms. The molecule has 0 aliphatic heterocycles. The Hall–Kier alpha value is 0.409. The summed E-state index contributed by atoms with van der Waals surface area (Å²) in [5, 5.41) is -0.157. The molecule has 1 aromatic rings. The molecule has 0 heterocycles. The Bertz CT molecular complexity index is 259. The van der Waals surface area contributed by atoms with Crippen molar-refractivity contribution in [1.82, 2.24) is 0 Å². The molecule has 0 saturated heterocycles. The zero-order valence-corrected chi connectivity index (χ0v) is 9.07.